The number of nitrogens with one attached hydrogen (secondary N) is 1. The lowest BCUT2D eigenvalue weighted by molar-refractivity contribution is 0.396. The number of nitrogens with two attached hydrogens (primary N) is 1. The second kappa shape index (κ2) is 6.07. The standard InChI is InChI=1S/C12H16N2O/c1-3-4-8-11(14-13)10-7-5-6-9-12(10)15-2/h1,5-7,9,11,14H,4,8,13H2,2H3. The van der Waals surface area contributed by atoms with E-state index in [2.05, 4.69) is 11.3 Å². The fourth-order valence-corrected chi connectivity index (χ4v) is 1.51. The lowest BCUT2D eigenvalue weighted by Crippen LogP contribution is -2.28. The maximum absolute atomic E-state index is 5.50. The first kappa shape index (κ1) is 11.6. The summed E-state index contributed by atoms with van der Waals surface area (Å²) in [5, 5.41) is 0. The molecule has 0 aliphatic carbocycles. The number of ether oxygens (including phenoxy) is 1. The molecule has 0 bridgehead atoms. The summed E-state index contributed by atoms with van der Waals surface area (Å²) >= 11 is 0. The average Bonchev–Trinajstić information content (AvgIpc) is 2.30. The predicted octanol–water partition coefficient (Wildman–Crippen LogP) is 1.61. The number of rotatable bonds is 5. The Labute approximate surface area is 90.6 Å². The molecular weight excluding hydrogens is 188 g/mol. The van der Waals surface area contributed by atoms with Crippen molar-refractivity contribution in [2.45, 2.75) is 18.9 Å². The highest BCUT2D eigenvalue weighted by Gasteiger charge is 2.12. The van der Waals surface area contributed by atoms with Gasteiger partial charge < -0.3 is 4.74 Å². The van der Waals surface area contributed by atoms with E-state index in [9.17, 15) is 0 Å². The van der Waals surface area contributed by atoms with E-state index in [1.807, 2.05) is 24.3 Å². The smallest absolute Gasteiger partial charge is 0.123 e. The van der Waals surface area contributed by atoms with E-state index in [-0.39, 0.29) is 6.04 Å². The number of hydrazine groups is 1. The molecule has 0 aliphatic rings. The van der Waals surface area contributed by atoms with E-state index in [1.165, 1.54) is 0 Å². The van der Waals surface area contributed by atoms with Crippen LogP contribution < -0.4 is 16.0 Å². The second-order valence-electron chi connectivity index (χ2n) is 3.20. The molecular formula is C12H16N2O. The normalized spacial score (nSPS) is 11.8. The predicted molar refractivity (Wildman–Crippen MR) is 61.1 cm³/mol. The summed E-state index contributed by atoms with van der Waals surface area (Å²) < 4.78 is 5.26. The summed E-state index contributed by atoms with van der Waals surface area (Å²) in [4.78, 5) is 0. The van der Waals surface area contributed by atoms with Crippen LogP contribution in [0.3, 0.4) is 0 Å². The van der Waals surface area contributed by atoms with Crippen molar-refractivity contribution in [1.29, 1.82) is 0 Å². The molecule has 0 saturated carbocycles. The monoisotopic (exact) mass is 204 g/mol. The fourth-order valence-electron chi connectivity index (χ4n) is 1.51. The van der Waals surface area contributed by atoms with Gasteiger partial charge in [-0.2, -0.15) is 0 Å². The van der Waals surface area contributed by atoms with Gasteiger partial charge in [0.1, 0.15) is 5.75 Å². The molecule has 0 aromatic heterocycles. The van der Waals surface area contributed by atoms with Crippen molar-refractivity contribution in [1.82, 2.24) is 5.43 Å². The molecule has 80 valence electrons. The minimum atomic E-state index is 0.0391. The highest BCUT2D eigenvalue weighted by atomic mass is 16.5. The lowest BCUT2D eigenvalue weighted by atomic mass is 10.0. The lowest BCUT2D eigenvalue weighted by Gasteiger charge is -2.17. The van der Waals surface area contributed by atoms with E-state index in [4.69, 9.17) is 17.0 Å². The molecule has 1 atom stereocenters. The molecule has 0 heterocycles. The topological polar surface area (TPSA) is 47.3 Å². The van der Waals surface area contributed by atoms with Crippen molar-refractivity contribution in [2.75, 3.05) is 7.11 Å². The summed E-state index contributed by atoms with van der Waals surface area (Å²) in [5.41, 5.74) is 3.79. The van der Waals surface area contributed by atoms with Gasteiger partial charge in [0.2, 0.25) is 0 Å². The molecule has 1 rings (SSSR count). The molecule has 15 heavy (non-hydrogen) atoms. The molecule has 0 aliphatic heterocycles. The molecule has 0 spiro atoms. The van der Waals surface area contributed by atoms with Crippen molar-refractivity contribution in [3.8, 4) is 18.1 Å². The Balaban J connectivity index is 2.86. The van der Waals surface area contributed by atoms with Crippen LogP contribution in [0.1, 0.15) is 24.4 Å². The van der Waals surface area contributed by atoms with E-state index < -0.39 is 0 Å². The van der Waals surface area contributed by atoms with Crippen molar-refractivity contribution >= 4 is 0 Å². The van der Waals surface area contributed by atoms with Gasteiger partial charge in [0, 0.05) is 12.0 Å². The van der Waals surface area contributed by atoms with Crippen LogP contribution in [0.25, 0.3) is 0 Å². The SMILES string of the molecule is C#CCCC(NN)c1ccccc1OC. The van der Waals surface area contributed by atoms with Crippen LogP contribution in [0.2, 0.25) is 0 Å². The fraction of sp³-hybridized carbons (Fsp3) is 0.333. The van der Waals surface area contributed by atoms with Crippen LogP contribution in [0.5, 0.6) is 5.75 Å². The van der Waals surface area contributed by atoms with Crippen LogP contribution in [0.4, 0.5) is 0 Å². The van der Waals surface area contributed by atoms with Crippen LogP contribution >= 0.6 is 0 Å². The van der Waals surface area contributed by atoms with Crippen molar-refractivity contribution in [2.24, 2.45) is 5.84 Å². The maximum Gasteiger partial charge on any atom is 0.123 e. The van der Waals surface area contributed by atoms with Gasteiger partial charge in [-0.15, -0.1) is 12.3 Å². The summed E-state index contributed by atoms with van der Waals surface area (Å²) in [6.07, 6.45) is 6.72. The largest absolute Gasteiger partial charge is 0.496 e. The third-order valence-corrected chi connectivity index (χ3v) is 2.29. The molecule has 3 nitrogen and oxygen atoms in total. The van der Waals surface area contributed by atoms with Crippen molar-refractivity contribution in [3.63, 3.8) is 0 Å². The minimum absolute atomic E-state index is 0.0391. The van der Waals surface area contributed by atoms with Gasteiger partial charge in [-0.05, 0) is 12.5 Å². The first-order valence-corrected chi connectivity index (χ1v) is 4.86. The first-order valence-electron chi connectivity index (χ1n) is 4.86. The number of para-hydroxylation sites is 1. The van der Waals surface area contributed by atoms with Gasteiger partial charge in [0.15, 0.2) is 0 Å². The van der Waals surface area contributed by atoms with Crippen LogP contribution in [-0.4, -0.2) is 7.11 Å². The molecule has 1 aromatic rings. The number of benzene rings is 1. The molecule has 0 saturated heterocycles. The zero-order chi connectivity index (χ0) is 11.1. The van der Waals surface area contributed by atoms with Crippen LogP contribution in [0.15, 0.2) is 24.3 Å². The van der Waals surface area contributed by atoms with Gasteiger partial charge in [-0.25, -0.2) is 0 Å². The molecule has 0 amide bonds. The average molecular weight is 204 g/mol. The van der Waals surface area contributed by atoms with Gasteiger partial charge in [0.05, 0.1) is 13.2 Å². The summed E-state index contributed by atoms with van der Waals surface area (Å²) in [6, 6.07) is 7.82. The number of hydrogen-bond donors (Lipinski definition) is 2. The Kier molecular flexibility index (Phi) is 4.69. The number of hydrogen-bond acceptors (Lipinski definition) is 3. The highest BCUT2D eigenvalue weighted by Crippen LogP contribution is 2.26. The summed E-state index contributed by atoms with van der Waals surface area (Å²) in [6.45, 7) is 0. The zero-order valence-electron chi connectivity index (χ0n) is 8.86. The second-order valence-corrected chi connectivity index (χ2v) is 3.20. The Bertz CT molecular complexity index is 344. The third kappa shape index (κ3) is 2.98. The van der Waals surface area contributed by atoms with E-state index >= 15 is 0 Å². The molecule has 1 unspecified atom stereocenters. The van der Waals surface area contributed by atoms with Gasteiger partial charge in [0.25, 0.3) is 0 Å². The van der Waals surface area contributed by atoms with E-state index in [1.54, 1.807) is 7.11 Å². The van der Waals surface area contributed by atoms with Gasteiger partial charge in [-0.3, -0.25) is 11.3 Å². The number of terminal acetylenes is 1. The summed E-state index contributed by atoms with van der Waals surface area (Å²) in [7, 11) is 1.65. The number of methoxy groups -OCH3 is 1. The Morgan fingerprint density at radius 2 is 2.27 bits per heavy atom. The van der Waals surface area contributed by atoms with Gasteiger partial charge in [-0.1, -0.05) is 18.2 Å². The molecule has 0 radical (unpaired) electrons. The van der Waals surface area contributed by atoms with Crippen molar-refractivity contribution in [3.05, 3.63) is 29.8 Å². The van der Waals surface area contributed by atoms with Gasteiger partial charge >= 0.3 is 0 Å². The third-order valence-electron chi connectivity index (χ3n) is 2.29. The molecule has 1 aromatic carbocycles. The molecule has 3 heteroatoms. The van der Waals surface area contributed by atoms with Crippen molar-refractivity contribution < 1.29 is 4.74 Å². The Hall–Kier alpha value is -1.50. The van der Waals surface area contributed by atoms with E-state index in [0.717, 1.165) is 17.7 Å². The minimum Gasteiger partial charge on any atom is -0.496 e. The zero-order valence-corrected chi connectivity index (χ0v) is 8.86. The Morgan fingerprint density at radius 1 is 1.53 bits per heavy atom. The van der Waals surface area contributed by atoms with Crippen LogP contribution in [0, 0.1) is 12.3 Å². The molecule has 0 fully saturated rings. The first-order chi connectivity index (χ1) is 7.33. The quantitative estimate of drug-likeness (QED) is 0.435. The molecule has 3 N–H and O–H groups in total. The maximum atomic E-state index is 5.50. The Morgan fingerprint density at radius 3 is 2.87 bits per heavy atom. The van der Waals surface area contributed by atoms with Crippen LogP contribution in [-0.2, 0) is 0 Å². The highest BCUT2D eigenvalue weighted by molar-refractivity contribution is 5.35. The van der Waals surface area contributed by atoms with E-state index in [0.29, 0.717) is 6.42 Å². The summed E-state index contributed by atoms with van der Waals surface area (Å²) in [5.74, 6) is 8.93.